The molecule has 2 rings (SSSR count). The molecule has 0 radical (unpaired) electrons. The number of anilines is 1. The lowest BCUT2D eigenvalue weighted by molar-refractivity contribution is 0.579. The first-order valence-corrected chi connectivity index (χ1v) is 9.35. The maximum absolute atomic E-state index is 12.3. The van der Waals surface area contributed by atoms with E-state index in [0.717, 1.165) is 12.2 Å². The molecule has 0 fully saturated rings. The summed E-state index contributed by atoms with van der Waals surface area (Å²) in [5.41, 5.74) is 1.09. The highest BCUT2D eigenvalue weighted by Crippen LogP contribution is 2.24. The van der Waals surface area contributed by atoms with Crippen molar-refractivity contribution in [3.05, 3.63) is 58.6 Å². The summed E-state index contributed by atoms with van der Waals surface area (Å²) in [4.78, 5) is 2.07. The molecular weight excluding hydrogens is 355 g/mol. The minimum absolute atomic E-state index is 0.00285. The van der Waals surface area contributed by atoms with Gasteiger partial charge in [-0.3, -0.25) is 0 Å². The molecule has 23 heavy (non-hydrogen) atoms. The number of halogens is 2. The molecule has 0 amide bonds. The molecule has 0 spiro atoms. The van der Waals surface area contributed by atoms with E-state index in [9.17, 15) is 8.42 Å². The number of hydrogen-bond acceptors (Lipinski definition) is 3. The van der Waals surface area contributed by atoms with Gasteiger partial charge < -0.3 is 4.90 Å². The second-order valence-electron chi connectivity index (χ2n) is 5.08. The summed E-state index contributed by atoms with van der Waals surface area (Å²) in [5, 5.41) is 0.488. The molecule has 0 bridgehead atoms. The van der Waals surface area contributed by atoms with Crippen LogP contribution in [0.4, 0.5) is 5.69 Å². The van der Waals surface area contributed by atoms with Gasteiger partial charge in [0.25, 0.3) is 0 Å². The van der Waals surface area contributed by atoms with E-state index < -0.39 is 10.0 Å². The van der Waals surface area contributed by atoms with Crippen molar-refractivity contribution in [2.45, 2.75) is 11.3 Å². The zero-order chi connectivity index (χ0) is 16.9. The largest absolute Gasteiger partial charge is 0.375 e. The molecule has 0 saturated heterocycles. The fourth-order valence-corrected chi connectivity index (χ4v) is 3.93. The number of benzene rings is 2. The van der Waals surface area contributed by atoms with Crippen LogP contribution in [0.2, 0.25) is 10.0 Å². The van der Waals surface area contributed by atoms with E-state index >= 15 is 0 Å². The van der Waals surface area contributed by atoms with Crippen LogP contribution in [0.25, 0.3) is 0 Å². The summed E-state index contributed by atoms with van der Waals surface area (Å²) in [7, 11) is -1.69. The molecule has 124 valence electrons. The van der Waals surface area contributed by atoms with Crippen LogP contribution in [0.5, 0.6) is 0 Å². The molecule has 1 N–H and O–H groups in total. The summed E-state index contributed by atoms with van der Waals surface area (Å²) < 4.78 is 27.1. The maximum atomic E-state index is 12.3. The summed E-state index contributed by atoms with van der Waals surface area (Å²) in [5.74, 6) is 0. The lowest BCUT2D eigenvalue weighted by atomic mass is 10.3. The summed E-state index contributed by atoms with van der Waals surface area (Å²) in [6.45, 7) is 1.05. The van der Waals surface area contributed by atoms with Crippen molar-refractivity contribution in [1.29, 1.82) is 0 Å². The SMILES string of the molecule is CN(CCCNS(=O)(=O)c1cc(Cl)ccc1Cl)c1ccccc1. The van der Waals surface area contributed by atoms with E-state index in [1.54, 1.807) is 6.07 Å². The van der Waals surface area contributed by atoms with Crippen LogP contribution >= 0.6 is 23.2 Å². The summed E-state index contributed by atoms with van der Waals surface area (Å²) in [6.07, 6.45) is 0.669. The van der Waals surface area contributed by atoms with Crippen molar-refractivity contribution in [1.82, 2.24) is 4.72 Å². The van der Waals surface area contributed by atoms with Crippen LogP contribution in [0.3, 0.4) is 0 Å². The van der Waals surface area contributed by atoms with Crippen molar-refractivity contribution in [3.63, 3.8) is 0 Å². The first kappa shape index (κ1) is 18.1. The molecule has 2 aromatic carbocycles. The Morgan fingerprint density at radius 3 is 2.48 bits per heavy atom. The van der Waals surface area contributed by atoms with Crippen LogP contribution in [-0.2, 0) is 10.0 Å². The van der Waals surface area contributed by atoms with Crippen molar-refractivity contribution < 1.29 is 8.42 Å². The van der Waals surface area contributed by atoms with Crippen LogP contribution < -0.4 is 9.62 Å². The van der Waals surface area contributed by atoms with Crippen molar-refractivity contribution in [2.75, 3.05) is 25.0 Å². The molecule has 0 aromatic heterocycles. The third-order valence-corrected chi connectivity index (χ3v) is 5.52. The van der Waals surface area contributed by atoms with Gasteiger partial charge in [0.05, 0.1) is 5.02 Å². The molecule has 0 unspecified atom stereocenters. The van der Waals surface area contributed by atoms with Gasteiger partial charge in [-0.25, -0.2) is 13.1 Å². The number of sulfonamides is 1. The van der Waals surface area contributed by atoms with Crippen molar-refractivity contribution >= 4 is 38.9 Å². The van der Waals surface area contributed by atoms with Crippen LogP contribution in [0, 0.1) is 0 Å². The highest BCUT2D eigenvalue weighted by molar-refractivity contribution is 7.89. The zero-order valence-corrected chi connectivity index (χ0v) is 15.0. The van der Waals surface area contributed by atoms with Crippen LogP contribution in [0.15, 0.2) is 53.4 Å². The number of hydrogen-bond donors (Lipinski definition) is 1. The van der Waals surface area contributed by atoms with E-state index in [1.165, 1.54) is 12.1 Å². The van der Waals surface area contributed by atoms with E-state index in [-0.39, 0.29) is 9.92 Å². The molecule has 0 saturated carbocycles. The molecule has 0 atom stereocenters. The molecule has 0 aliphatic heterocycles. The van der Waals surface area contributed by atoms with E-state index in [2.05, 4.69) is 9.62 Å². The molecule has 7 heteroatoms. The lowest BCUT2D eigenvalue weighted by Crippen LogP contribution is -2.28. The van der Waals surface area contributed by atoms with Crippen molar-refractivity contribution in [2.24, 2.45) is 0 Å². The van der Waals surface area contributed by atoms with Gasteiger partial charge in [-0.15, -0.1) is 0 Å². The molecular formula is C16H18Cl2N2O2S. The minimum atomic E-state index is -3.66. The van der Waals surface area contributed by atoms with Crippen molar-refractivity contribution in [3.8, 4) is 0 Å². The first-order valence-electron chi connectivity index (χ1n) is 7.11. The Kier molecular flexibility index (Phi) is 6.30. The Hall–Kier alpha value is -1.27. The van der Waals surface area contributed by atoms with E-state index in [4.69, 9.17) is 23.2 Å². The number of nitrogens with zero attached hydrogens (tertiary/aromatic N) is 1. The van der Waals surface area contributed by atoms with Gasteiger partial charge in [-0.2, -0.15) is 0 Å². The standard InChI is InChI=1S/C16H18Cl2N2O2S/c1-20(14-6-3-2-4-7-14)11-5-10-19-23(21,22)16-12-13(17)8-9-15(16)18/h2-4,6-9,12,19H,5,10-11H2,1H3. The Labute approximate surface area is 147 Å². The number of para-hydroxylation sites is 1. The van der Waals surface area contributed by atoms with Gasteiger partial charge in [-0.1, -0.05) is 41.4 Å². The average molecular weight is 373 g/mol. The molecule has 0 aliphatic rings. The average Bonchev–Trinajstić information content (AvgIpc) is 2.54. The third kappa shape index (κ3) is 5.11. The molecule has 0 heterocycles. The number of rotatable bonds is 7. The monoisotopic (exact) mass is 372 g/mol. The Morgan fingerprint density at radius 1 is 1.09 bits per heavy atom. The Morgan fingerprint density at radius 2 is 1.78 bits per heavy atom. The van der Waals surface area contributed by atoms with Crippen LogP contribution in [0.1, 0.15) is 6.42 Å². The first-order chi connectivity index (χ1) is 10.9. The van der Waals surface area contributed by atoms with Gasteiger partial charge >= 0.3 is 0 Å². The van der Waals surface area contributed by atoms with E-state index in [1.807, 2.05) is 37.4 Å². The second-order valence-corrected chi connectivity index (χ2v) is 7.66. The van der Waals surface area contributed by atoms with Gasteiger partial charge in [-0.05, 0) is 36.8 Å². The van der Waals surface area contributed by atoms with Gasteiger partial charge in [0, 0.05) is 30.8 Å². The maximum Gasteiger partial charge on any atom is 0.242 e. The smallest absolute Gasteiger partial charge is 0.242 e. The Balaban J connectivity index is 1.89. The van der Waals surface area contributed by atoms with Gasteiger partial charge in [0.15, 0.2) is 0 Å². The molecule has 2 aromatic rings. The zero-order valence-electron chi connectivity index (χ0n) is 12.7. The highest BCUT2D eigenvalue weighted by Gasteiger charge is 2.17. The topological polar surface area (TPSA) is 49.4 Å². The second kappa shape index (κ2) is 8.02. The Bertz CT molecular complexity index is 752. The number of nitrogens with one attached hydrogen (secondary N) is 1. The van der Waals surface area contributed by atoms with Gasteiger partial charge in [0.1, 0.15) is 4.90 Å². The summed E-state index contributed by atoms with van der Waals surface area (Å²) >= 11 is 11.8. The third-order valence-electron chi connectivity index (χ3n) is 3.34. The normalized spacial score (nSPS) is 11.4. The fourth-order valence-electron chi connectivity index (χ4n) is 2.10. The lowest BCUT2D eigenvalue weighted by Gasteiger charge is -2.19. The fraction of sp³-hybridized carbons (Fsp3) is 0.250. The van der Waals surface area contributed by atoms with E-state index in [0.29, 0.717) is 18.0 Å². The summed E-state index contributed by atoms with van der Waals surface area (Å²) in [6, 6.07) is 14.3. The van der Waals surface area contributed by atoms with Crippen LogP contribution in [-0.4, -0.2) is 28.6 Å². The predicted octanol–water partition coefficient (Wildman–Crippen LogP) is 3.80. The quantitative estimate of drug-likeness (QED) is 0.751. The molecule has 4 nitrogen and oxygen atoms in total. The van der Waals surface area contributed by atoms with Gasteiger partial charge in [0.2, 0.25) is 10.0 Å². The predicted molar refractivity (Wildman–Crippen MR) is 96.0 cm³/mol. The highest BCUT2D eigenvalue weighted by atomic mass is 35.5. The minimum Gasteiger partial charge on any atom is -0.375 e. The molecule has 0 aliphatic carbocycles.